The highest BCUT2D eigenvalue weighted by atomic mass is 32.2. The van der Waals surface area contributed by atoms with Crippen LogP contribution in [0.3, 0.4) is 0 Å². The molecule has 25 heavy (non-hydrogen) atoms. The molecule has 5 nitrogen and oxygen atoms in total. The molecule has 1 amide bonds. The van der Waals surface area contributed by atoms with E-state index in [-0.39, 0.29) is 24.3 Å². The van der Waals surface area contributed by atoms with Crippen LogP contribution >= 0.6 is 0 Å². The second-order valence-corrected chi connectivity index (χ2v) is 7.07. The van der Waals surface area contributed by atoms with Gasteiger partial charge in [0.15, 0.2) is 0 Å². The summed E-state index contributed by atoms with van der Waals surface area (Å²) in [5.74, 6) is -3.34. The molecule has 0 aromatic heterocycles. The topological polar surface area (TPSA) is 66.5 Å². The Kier molecular flexibility index (Phi) is 5.68. The maximum atomic E-state index is 13.9. The number of carbonyl (C=O) groups is 1. The fourth-order valence-corrected chi connectivity index (χ4v) is 3.09. The highest BCUT2D eigenvalue weighted by Gasteiger charge is 2.21. The predicted octanol–water partition coefficient (Wildman–Crippen LogP) is 2.30. The molecule has 0 aliphatic heterocycles. The molecule has 0 atom stereocenters. The van der Waals surface area contributed by atoms with E-state index in [0.29, 0.717) is 10.4 Å². The lowest BCUT2D eigenvalue weighted by Gasteiger charge is -2.23. The van der Waals surface area contributed by atoms with Crippen LogP contribution in [0.5, 0.6) is 0 Å². The first-order valence-corrected chi connectivity index (χ1v) is 9.00. The van der Waals surface area contributed by atoms with Crippen LogP contribution in [0, 0.1) is 17.5 Å². The Hall–Kier alpha value is -2.55. The van der Waals surface area contributed by atoms with E-state index in [1.807, 2.05) is 0 Å². The highest BCUT2D eigenvalue weighted by Crippen LogP contribution is 2.22. The first kappa shape index (κ1) is 18.8. The van der Waals surface area contributed by atoms with Gasteiger partial charge in [-0.3, -0.25) is 9.10 Å². The van der Waals surface area contributed by atoms with E-state index in [1.165, 1.54) is 18.2 Å². The van der Waals surface area contributed by atoms with Crippen molar-refractivity contribution in [3.63, 3.8) is 0 Å². The third-order valence-corrected chi connectivity index (χ3v) is 4.48. The molecule has 0 saturated heterocycles. The maximum absolute atomic E-state index is 13.9. The Bertz CT molecular complexity index is 888. The van der Waals surface area contributed by atoms with Crippen molar-refractivity contribution in [2.75, 3.05) is 23.7 Å². The van der Waals surface area contributed by atoms with E-state index in [9.17, 15) is 26.4 Å². The number of hydrogen-bond acceptors (Lipinski definition) is 3. The summed E-state index contributed by atoms with van der Waals surface area (Å²) in [6.45, 7) is -0.501. The number of anilines is 1. The van der Waals surface area contributed by atoms with Crippen LogP contribution < -0.4 is 9.62 Å². The number of amides is 1. The Labute approximate surface area is 143 Å². The van der Waals surface area contributed by atoms with Crippen molar-refractivity contribution in [2.24, 2.45) is 0 Å². The van der Waals surface area contributed by atoms with Crippen molar-refractivity contribution in [2.45, 2.75) is 0 Å². The largest absolute Gasteiger partial charge is 0.350 e. The van der Waals surface area contributed by atoms with E-state index in [1.54, 1.807) is 0 Å². The van der Waals surface area contributed by atoms with E-state index in [0.717, 1.165) is 24.5 Å². The van der Waals surface area contributed by atoms with Crippen molar-refractivity contribution in [1.29, 1.82) is 0 Å². The van der Waals surface area contributed by atoms with E-state index in [2.05, 4.69) is 5.32 Å². The lowest BCUT2D eigenvalue weighted by atomic mass is 10.2. The first-order chi connectivity index (χ1) is 11.7. The Morgan fingerprint density at radius 2 is 1.76 bits per heavy atom. The van der Waals surface area contributed by atoms with Gasteiger partial charge in [-0.2, -0.15) is 0 Å². The van der Waals surface area contributed by atoms with Gasteiger partial charge in [0, 0.05) is 12.6 Å². The number of nitrogens with zero attached hydrogens (tertiary/aromatic N) is 1. The van der Waals surface area contributed by atoms with Gasteiger partial charge in [-0.1, -0.05) is 12.1 Å². The molecule has 0 radical (unpaired) electrons. The molecule has 0 spiro atoms. The molecule has 2 aromatic rings. The zero-order valence-corrected chi connectivity index (χ0v) is 14.0. The fraction of sp³-hybridized carbons (Fsp3) is 0.188. The Morgan fingerprint density at radius 3 is 2.36 bits per heavy atom. The van der Waals surface area contributed by atoms with Crippen molar-refractivity contribution in [3.8, 4) is 0 Å². The molecular formula is C16H15F3N2O3S. The summed E-state index contributed by atoms with van der Waals surface area (Å²) in [7, 11) is -3.88. The van der Waals surface area contributed by atoms with Gasteiger partial charge >= 0.3 is 0 Å². The molecule has 0 saturated carbocycles. The summed E-state index contributed by atoms with van der Waals surface area (Å²) in [5, 5.41) is 2.36. The van der Waals surface area contributed by atoms with E-state index < -0.39 is 33.4 Å². The smallest absolute Gasteiger partial charge is 0.254 e. The summed E-state index contributed by atoms with van der Waals surface area (Å²) in [5.41, 5.74) is -0.537. The van der Waals surface area contributed by atoms with Crippen LogP contribution in [0.25, 0.3) is 0 Å². The monoisotopic (exact) mass is 372 g/mol. The first-order valence-electron chi connectivity index (χ1n) is 7.15. The van der Waals surface area contributed by atoms with Gasteiger partial charge in [-0.05, 0) is 24.3 Å². The molecule has 0 fully saturated rings. The quantitative estimate of drug-likeness (QED) is 0.846. The number of carbonyl (C=O) groups excluding carboxylic acids is 1. The van der Waals surface area contributed by atoms with Crippen LogP contribution in [0.15, 0.2) is 42.5 Å². The van der Waals surface area contributed by atoms with E-state index >= 15 is 0 Å². The molecule has 0 bridgehead atoms. The van der Waals surface area contributed by atoms with Gasteiger partial charge in [-0.15, -0.1) is 0 Å². The molecule has 1 N–H and O–H groups in total. The molecule has 0 heterocycles. The molecule has 134 valence electrons. The number of benzene rings is 2. The van der Waals surface area contributed by atoms with Crippen molar-refractivity contribution < 1.29 is 26.4 Å². The van der Waals surface area contributed by atoms with Crippen LogP contribution in [0.1, 0.15) is 10.4 Å². The lowest BCUT2D eigenvalue weighted by molar-refractivity contribution is 0.0951. The second kappa shape index (κ2) is 7.56. The molecule has 9 heteroatoms. The number of hydrogen-bond donors (Lipinski definition) is 1. The maximum Gasteiger partial charge on any atom is 0.254 e. The molecule has 0 unspecified atom stereocenters. The standard InChI is InChI=1S/C16H15F3N2O3S/c1-25(23,24)21(15-7-6-11(17)10-14(15)19)9-8-20-16(22)12-4-2-3-5-13(12)18/h2-7,10H,8-9H2,1H3,(H,20,22). The van der Waals surface area contributed by atoms with Crippen LogP contribution in [0.2, 0.25) is 0 Å². The number of nitrogens with one attached hydrogen (secondary N) is 1. The van der Waals surface area contributed by atoms with Crippen LogP contribution in [0.4, 0.5) is 18.9 Å². The van der Waals surface area contributed by atoms with Gasteiger partial charge in [0.05, 0.1) is 24.1 Å². The summed E-state index contributed by atoms with van der Waals surface area (Å²) >= 11 is 0. The number of halogens is 3. The molecule has 2 rings (SSSR count). The Balaban J connectivity index is 2.12. The zero-order chi connectivity index (χ0) is 18.6. The lowest BCUT2D eigenvalue weighted by Crippen LogP contribution is -2.38. The summed E-state index contributed by atoms with van der Waals surface area (Å²) in [6.07, 6.45) is 0.856. The van der Waals surface area contributed by atoms with Gasteiger partial charge in [0.1, 0.15) is 17.5 Å². The minimum atomic E-state index is -3.88. The molecule has 0 aliphatic rings. The van der Waals surface area contributed by atoms with E-state index in [4.69, 9.17) is 0 Å². The number of sulfonamides is 1. The fourth-order valence-electron chi connectivity index (χ4n) is 2.16. The normalized spacial score (nSPS) is 11.2. The predicted molar refractivity (Wildman–Crippen MR) is 87.3 cm³/mol. The third kappa shape index (κ3) is 4.72. The minimum absolute atomic E-state index is 0.193. The van der Waals surface area contributed by atoms with Crippen molar-refractivity contribution in [3.05, 3.63) is 65.5 Å². The SMILES string of the molecule is CS(=O)(=O)N(CCNC(=O)c1ccccc1F)c1ccc(F)cc1F. The zero-order valence-electron chi connectivity index (χ0n) is 13.2. The minimum Gasteiger partial charge on any atom is -0.350 e. The van der Waals surface area contributed by atoms with Gasteiger partial charge in [0.25, 0.3) is 5.91 Å². The summed E-state index contributed by atoms with van der Waals surface area (Å²) in [6, 6.07) is 7.78. The average Bonchev–Trinajstić information content (AvgIpc) is 2.51. The molecule has 0 aliphatic carbocycles. The molecule has 2 aromatic carbocycles. The van der Waals surface area contributed by atoms with Crippen LogP contribution in [-0.2, 0) is 10.0 Å². The van der Waals surface area contributed by atoms with Crippen molar-refractivity contribution >= 4 is 21.6 Å². The molecular weight excluding hydrogens is 357 g/mol. The van der Waals surface area contributed by atoms with Gasteiger partial charge in [-0.25, -0.2) is 21.6 Å². The highest BCUT2D eigenvalue weighted by molar-refractivity contribution is 7.92. The van der Waals surface area contributed by atoms with Crippen molar-refractivity contribution in [1.82, 2.24) is 5.32 Å². The van der Waals surface area contributed by atoms with Gasteiger partial charge in [0.2, 0.25) is 10.0 Å². The third-order valence-electron chi connectivity index (χ3n) is 3.30. The average molecular weight is 372 g/mol. The second-order valence-electron chi connectivity index (χ2n) is 5.17. The summed E-state index contributed by atoms with van der Waals surface area (Å²) in [4.78, 5) is 11.9. The number of rotatable bonds is 6. The Morgan fingerprint density at radius 1 is 1.08 bits per heavy atom. The summed E-state index contributed by atoms with van der Waals surface area (Å²) < 4.78 is 64.8. The van der Waals surface area contributed by atoms with Crippen LogP contribution in [-0.4, -0.2) is 33.7 Å². The van der Waals surface area contributed by atoms with Gasteiger partial charge < -0.3 is 5.32 Å².